The summed E-state index contributed by atoms with van der Waals surface area (Å²) in [5.74, 6) is 0.126. The van der Waals surface area contributed by atoms with Crippen molar-refractivity contribution < 1.29 is 13.9 Å². The Bertz CT molecular complexity index is 676. The summed E-state index contributed by atoms with van der Waals surface area (Å²) < 4.78 is 18.8. The summed E-state index contributed by atoms with van der Waals surface area (Å²) in [4.78, 5) is 17.8. The summed E-state index contributed by atoms with van der Waals surface area (Å²) in [7, 11) is 0. The monoisotopic (exact) mass is 321 g/mol. The predicted octanol–water partition coefficient (Wildman–Crippen LogP) is 2.37. The van der Waals surface area contributed by atoms with Gasteiger partial charge in [0.1, 0.15) is 23.4 Å². The molecule has 2 aromatic rings. The number of benzene rings is 1. The number of hydrogen-bond acceptors (Lipinski definition) is 5. The Hall–Kier alpha value is -2.15. The third kappa shape index (κ3) is 3.04. The van der Waals surface area contributed by atoms with Crippen molar-refractivity contribution in [3.05, 3.63) is 40.9 Å². The third-order valence-electron chi connectivity index (χ3n) is 3.56. The van der Waals surface area contributed by atoms with Gasteiger partial charge in [-0.1, -0.05) is 29.5 Å². The van der Waals surface area contributed by atoms with E-state index in [0.717, 1.165) is 18.1 Å². The molecule has 2 N–H and O–H groups in total. The van der Waals surface area contributed by atoms with E-state index in [2.05, 4.69) is 9.88 Å². The quantitative estimate of drug-likeness (QED) is 0.918. The molecule has 0 radical (unpaired) electrons. The van der Waals surface area contributed by atoms with Gasteiger partial charge in [-0.15, -0.1) is 0 Å². The van der Waals surface area contributed by atoms with Gasteiger partial charge >= 0.3 is 0 Å². The van der Waals surface area contributed by atoms with E-state index >= 15 is 0 Å². The molecule has 0 bridgehead atoms. The van der Waals surface area contributed by atoms with Crippen molar-refractivity contribution in [1.82, 2.24) is 4.98 Å². The van der Waals surface area contributed by atoms with Gasteiger partial charge in [0.15, 0.2) is 5.13 Å². The van der Waals surface area contributed by atoms with Gasteiger partial charge in [0, 0.05) is 18.5 Å². The van der Waals surface area contributed by atoms with E-state index in [0.29, 0.717) is 22.7 Å². The van der Waals surface area contributed by atoms with Crippen LogP contribution in [0.1, 0.15) is 21.7 Å². The van der Waals surface area contributed by atoms with Crippen molar-refractivity contribution in [3.63, 3.8) is 0 Å². The fourth-order valence-electron chi connectivity index (χ4n) is 2.43. The van der Waals surface area contributed by atoms with Gasteiger partial charge < -0.3 is 15.4 Å². The number of aromatic nitrogens is 1. The van der Waals surface area contributed by atoms with Gasteiger partial charge in [0.2, 0.25) is 0 Å². The highest BCUT2D eigenvalue weighted by atomic mass is 32.1. The highest BCUT2D eigenvalue weighted by Crippen LogP contribution is 2.28. The number of thiazole rings is 1. The van der Waals surface area contributed by atoms with Crippen LogP contribution in [0.3, 0.4) is 0 Å². The Balaban J connectivity index is 1.65. The number of ether oxygens (including phenoxy) is 1. The summed E-state index contributed by atoms with van der Waals surface area (Å²) in [6, 6.07) is 7.14. The van der Waals surface area contributed by atoms with E-state index in [9.17, 15) is 9.18 Å². The van der Waals surface area contributed by atoms with Gasteiger partial charge in [0.05, 0.1) is 12.7 Å². The van der Waals surface area contributed by atoms with E-state index < -0.39 is 12.6 Å². The molecule has 5 nitrogen and oxygen atoms in total. The number of primary amides is 1. The molecule has 1 saturated heterocycles. The summed E-state index contributed by atoms with van der Waals surface area (Å²) in [6.07, 6.45) is 2.30. The first-order chi connectivity index (χ1) is 10.7. The number of hydrogen-bond donors (Lipinski definition) is 1. The number of alkyl halides is 1. The molecule has 1 atom stereocenters. The van der Waals surface area contributed by atoms with Crippen LogP contribution in [0.25, 0.3) is 0 Å². The highest BCUT2D eigenvalue weighted by molar-refractivity contribution is 7.17. The van der Waals surface area contributed by atoms with Gasteiger partial charge in [-0.05, 0) is 6.07 Å². The van der Waals surface area contributed by atoms with Crippen LogP contribution < -0.4 is 15.4 Å². The Morgan fingerprint density at radius 2 is 2.32 bits per heavy atom. The van der Waals surface area contributed by atoms with Gasteiger partial charge in [-0.25, -0.2) is 9.37 Å². The van der Waals surface area contributed by atoms with Crippen LogP contribution in [0.5, 0.6) is 5.75 Å². The van der Waals surface area contributed by atoms with E-state index in [1.165, 1.54) is 17.5 Å². The van der Waals surface area contributed by atoms with Crippen LogP contribution in [0.15, 0.2) is 30.5 Å². The minimum absolute atomic E-state index is 0.0198. The minimum atomic E-state index is -0.541. The van der Waals surface area contributed by atoms with Crippen molar-refractivity contribution in [2.75, 3.05) is 18.0 Å². The van der Waals surface area contributed by atoms with Crippen molar-refractivity contribution in [3.8, 4) is 5.75 Å². The smallest absolute Gasteiger partial charge is 0.260 e. The highest BCUT2D eigenvalue weighted by Gasteiger charge is 2.27. The lowest BCUT2D eigenvalue weighted by Gasteiger charge is -2.17. The summed E-state index contributed by atoms with van der Waals surface area (Å²) >= 11 is 1.28. The molecule has 1 amide bonds. The molecule has 0 aliphatic carbocycles. The Labute approximate surface area is 131 Å². The number of anilines is 1. The number of carbonyl (C=O) groups is 1. The second-order valence-electron chi connectivity index (χ2n) is 5.09. The zero-order valence-corrected chi connectivity index (χ0v) is 12.7. The van der Waals surface area contributed by atoms with Gasteiger partial charge in [-0.2, -0.15) is 0 Å². The Kier molecular flexibility index (Phi) is 4.24. The zero-order valence-electron chi connectivity index (χ0n) is 11.9. The molecule has 1 aliphatic heterocycles. The lowest BCUT2D eigenvalue weighted by Crippen LogP contribution is -2.24. The number of rotatable bonds is 5. The molecule has 3 rings (SSSR count). The van der Waals surface area contributed by atoms with Crippen molar-refractivity contribution in [1.29, 1.82) is 0 Å². The van der Waals surface area contributed by atoms with E-state index in [1.54, 1.807) is 18.2 Å². The lowest BCUT2D eigenvalue weighted by molar-refractivity contribution is 0.100. The number of halogens is 1. The molecule has 1 aromatic carbocycles. The first kappa shape index (κ1) is 14.8. The molecule has 1 fully saturated rings. The van der Waals surface area contributed by atoms with Crippen LogP contribution >= 0.6 is 11.3 Å². The molecule has 7 heteroatoms. The molecule has 0 spiro atoms. The van der Waals surface area contributed by atoms with Crippen LogP contribution in [0.4, 0.5) is 9.52 Å². The zero-order chi connectivity index (χ0) is 15.5. The third-order valence-corrected chi connectivity index (χ3v) is 4.63. The maximum atomic E-state index is 12.9. The van der Waals surface area contributed by atoms with Gasteiger partial charge in [0.25, 0.3) is 5.91 Å². The average molecular weight is 321 g/mol. The van der Waals surface area contributed by atoms with E-state index in [-0.39, 0.29) is 6.10 Å². The van der Waals surface area contributed by atoms with Crippen LogP contribution in [0, 0.1) is 0 Å². The lowest BCUT2D eigenvalue weighted by atomic mass is 10.2. The van der Waals surface area contributed by atoms with E-state index in [1.807, 2.05) is 6.07 Å². The fraction of sp³-hybridized carbons (Fsp3) is 0.333. The molecule has 1 aromatic heterocycles. The topological polar surface area (TPSA) is 68.5 Å². The standard InChI is InChI=1S/C15H16FN3O2S/c16-7-10-3-1-2-4-12(10)21-11-5-6-19(9-11)15-18-8-13(22-15)14(17)20/h1-4,8,11H,5-7,9H2,(H2,17,20). The molecule has 2 heterocycles. The largest absolute Gasteiger partial charge is 0.488 e. The fourth-order valence-corrected chi connectivity index (χ4v) is 3.23. The van der Waals surface area contributed by atoms with Crippen LogP contribution in [-0.2, 0) is 6.67 Å². The van der Waals surface area contributed by atoms with Gasteiger partial charge in [-0.3, -0.25) is 4.79 Å². The Morgan fingerprint density at radius 3 is 3.05 bits per heavy atom. The van der Waals surface area contributed by atoms with E-state index in [4.69, 9.17) is 10.5 Å². The molecular weight excluding hydrogens is 305 g/mol. The molecular formula is C15H16FN3O2S. The maximum Gasteiger partial charge on any atom is 0.260 e. The molecule has 22 heavy (non-hydrogen) atoms. The number of carbonyl (C=O) groups excluding carboxylic acids is 1. The molecule has 1 aliphatic rings. The second-order valence-corrected chi connectivity index (χ2v) is 6.10. The second kappa shape index (κ2) is 6.31. The SMILES string of the molecule is NC(=O)c1cnc(N2CCC(Oc3ccccc3CF)C2)s1. The summed E-state index contributed by atoms with van der Waals surface area (Å²) in [5.41, 5.74) is 5.80. The minimum Gasteiger partial charge on any atom is -0.488 e. The molecule has 0 saturated carbocycles. The van der Waals surface area contributed by atoms with Crippen molar-refractivity contribution in [2.45, 2.75) is 19.2 Å². The average Bonchev–Trinajstić information content (AvgIpc) is 3.16. The van der Waals surface area contributed by atoms with Crippen molar-refractivity contribution in [2.24, 2.45) is 5.73 Å². The Morgan fingerprint density at radius 1 is 1.50 bits per heavy atom. The normalized spacial score (nSPS) is 17.7. The maximum absolute atomic E-state index is 12.9. The van der Waals surface area contributed by atoms with Crippen LogP contribution in [0.2, 0.25) is 0 Å². The number of para-hydroxylation sites is 1. The summed E-state index contributed by atoms with van der Waals surface area (Å²) in [6.45, 7) is 0.904. The number of nitrogens with zero attached hydrogens (tertiary/aromatic N) is 2. The number of amides is 1. The first-order valence-electron chi connectivity index (χ1n) is 6.98. The van der Waals surface area contributed by atoms with Crippen LogP contribution in [-0.4, -0.2) is 30.1 Å². The first-order valence-corrected chi connectivity index (χ1v) is 7.80. The summed E-state index contributed by atoms with van der Waals surface area (Å²) in [5, 5.41) is 0.763. The molecule has 1 unspecified atom stereocenters. The van der Waals surface area contributed by atoms with Crippen molar-refractivity contribution >= 4 is 22.4 Å². The molecule has 116 valence electrons. The number of nitrogens with two attached hydrogens (primary N) is 1. The predicted molar refractivity (Wildman–Crippen MR) is 83.1 cm³/mol.